The summed E-state index contributed by atoms with van der Waals surface area (Å²) in [5.74, 6) is -0.485. The van der Waals surface area contributed by atoms with Crippen molar-refractivity contribution in [1.82, 2.24) is 5.32 Å². The molecule has 0 aliphatic rings. The molecule has 1 N–H and O–H groups in total. The minimum absolute atomic E-state index is 0.0252. The molecule has 1 rings (SSSR count). The van der Waals surface area contributed by atoms with E-state index in [2.05, 4.69) is 5.32 Å². The predicted molar refractivity (Wildman–Crippen MR) is 67.8 cm³/mol. The molecule has 0 aromatic carbocycles. The lowest BCUT2D eigenvalue weighted by Crippen LogP contribution is -2.30. The molecule has 0 radical (unpaired) electrons. The number of nitro groups is 1. The van der Waals surface area contributed by atoms with E-state index in [0.717, 1.165) is 11.3 Å². The summed E-state index contributed by atoms with van der Waals surface area (Å²) in [6.07, 6.45) is 1.33. The van der Waals surface area contributed by atoms with Gasteiger partial charge in [0, 0.05) is 17.5 Å². The van der Waals surface area contributed by atoms with Gasteiger partial charge in [-0.15, -0.1) is 0 Å². The Balaban J connectivity index is 2.94. The Bertz CT molecular complexity index is 540. The highest BCUT2D eigenvalue weighted by Crippen LogP contribution is 2.24. The van der Waals surface area contributed by atoms with Crippen molar-refractivity contribution in [3.8, 4) is 6.07 Å². The highest BCUT2D eigenvalue weighted by atomic mass is 32.1. The first-order valence-corrected chi connectivity index (χ1v) is 5.97. The fourth-order valence-electron chi connectivity index (χ4n) is 1.17. The maximum absolute atomic E-state index is 11.6. The SMILES string of the molecule is CC(C)NC(=O)/C(C#N)=C\c1csc([N+](=O)[O-])c1. The van der Waals surface area contributed by atoms with Gasteiger partial charge in [-0.05, 0) is 25.5 Å². The van der Waals surface area contributed by atoms with Crippen LogP contribution in [0.15, 0.2) is 17.0 Å². The standard InChI is InChI=1S/C11H11N3O3S/c1-7(2)13-11(15)9(5-12)3-8-4-10(14(16)17)18-6-8/h3-4,6-7H,1-2H3,(H,13,15)/b9-3-. The van der Waals surface area contributed by atoms with Gasteiger partial charge in [-0.1, -0.05) is 11.3 Å². The number of carbonyl (C=O) groups is 1. The molecule has 0 unspecified atom stereocenters. The van der Waals surface area contributed by atoms with E-state index in [-0.39, 0.29) is 16.6 Å². The zero-order chi connectivity index (χ0) is 13.7. The van der Waals surface area contributed by atoms with Crippen molar-refractivity contribution in [1.29, 1.82) is 5.26 Å². The number of nitrogens with one attached hydrogen (secondary N) is 1. The highest BCUT2D eigenvalue weighted by Gasteiger charge is 2.13. The van der Waals surface area contributed by atoms with Gasteiger partial charge in [-0.25, -0.2) is 0 Å². The van der Waals surface area contributed by atoms with Crippen LogP contribution in [-0.4, -0.2) is 16.9 Å². The molecule has 0 saturated heterocycles. The molecule has 6 nitrogen and oxygen atoms in total. The van der Waals surface area contributed by atoms with Crippen LogP contribution in [0.1, 0.15) is 19.4 Å². The van der Waals surface area contributed by atoms with Gasteiger partial charge in [0.05, 0.1) is 4.92 Å². The second-order valence-electron chi connectivity index (χ2n) is 3.77. The Morgan fingerprint density at radius 2 is 2.33 bits per heavy atom. The van der Waals surface area contributed by atoms with Crippen molar-refractivity contribution in [2.75, 3.05) is 0 Å². The van der Waals surface area contributed by atoms with Crippen LogP contribution in [-0.2, 0) is 4.79 Å². The highest BCUT2D eigenvalue weighted by molar-refractivity contribution is 7.13. The normalized spacial score (nSPS) is 11.1. The molecule has 0 aliphatic heterocycles. The topological polar surface area (TPSA) is 96.0 Å². The Labute approximate surface area is 108 Å². The third-order valence-corrected chi connectivity index (χ3v) is 2.78. The summed E-state index contributed by atoms with van der Waals surface area (Å²) < 4.78 is 0. The average Bonchev–Trinajstić information content (AvgIpc) is 2.73. The monoisotopic (exact) mass is 265 g/mol. The number of rotatable bonds is 4. The third-order valence-electron chi connectivity index (χ3n) is 1.88. The lowest BCUT2D eigenvalue weighted by molar-refractivity contribution is -0.380. The molecule has 0 aliphatic carbocycles. The van der Waals surface area contributed by atoms with Crippen molar-refractivity contribution in [3.63, 3.8) is 0 Å². The molecule has 0 spiro atoms. The van der Waals surface area contributed by atoms with Gasteiger partial charge in [0.25, 0.3) is 5.91 Å². The van der Waals surface area contributed by atoms with E-state index in [1.54, 1.807) is 19.9 Å². The number of nitriles is 1. The number of thiophene rings is 1. The van der Waals surface area contributed by atoms with E-state index < -0.39 is 10.8 Å². The average molecular weight is 265 g/mol. The molecular weight excluding hydrogens is 254 g/mol. The minimum atomic E-state index is -0.512. The molecule has 0 bridgehead atoms. The Hall–Kier alpha value is -2.20. The molecule has 0 saturated carbocycles. The summed E-state index contributed by atoms with van der Waals surface area (Å²) in [7, 11) is 0. The third kappa shape index (κ3) is 3.68. The number of hydrogen-bond acceptors (Lipinski definition) is 5. The van der Waals surface area contributed by atoms with Crippen LogP contribution in [0.5, 0.6) is 0 Å². The lowest BCUT2D eigenvalue weighted by Gasteiger charge is -2.06. The molecule has 18 heavy (non-hydrogen) atoms. The molecular formula is C11H11N3O3S. The second-order valence-corrected chi connectivity index (χ2v) is 4.66. The van der Waals surface area contributed by atoms with Gasteiger partial charge in [-0.2, -0.15) is 5.26 Å². The summed E-state index contributed by atoms with van der Waals surface area (Å²) in [5.41, 5.74) is 0.401. The van der Waals surface area contributed by atoms with Crippen LogP contribution >= 0.6 is 11.3 Å². The van der Waals surface area contributed by atoms with E-state index in [1.165, 1.54) is 17.5 Å². The Kier molecular flexibility index (Phi) is 4.57. The van der Waals surface area contributed by atoms with Gasteiger partial charge in [0.1, 0.15) is 11.6 Å². The van der Waals surface area contributed by atoms with E-state index in [0.29, 0.717) is 5.56 Å². The minimum Gasteiger partial charge on any atom is -0.349 e. The lowest BCUT2D eigenvalue weighted by atomic mass is 10.2. The summed E-state index contributed by atoms with van der Waals surface area (Å²) in [5, 5.41) is 23.5. The maximum atomic E-state index is 11.6. The van der Waals surface area contributed by atoms with Crippen LogP contribution in [0, 0.1) is 21.4 Å². The summed E-state index contributed by atoms with van der Waals surface area (Å²) in [6, 6.07) is 3.02. The number of amides is 1. The molecule has 1 aromatic heterocycles. The predicted octanol–water partition coefficient (Wildman–Crippen LogP) is 2.09. The smallest absolute Gasteiger partial charge is 0.324 e. The maximum Gasteiger partial charge on any atom is 0.324 e. The van der Waals surface area contributed by atoms with E-state index in [9.17, 15) is 14.9 Å². The van der Waals surface area contributed by atoms with E-state index in [1.807, 2.05) is 0 Å². The van der Waals surface area contributed by atoms with E-state index in [4.69, 9.17) is 5.26 Å². The zero-order valence-electron chi connectivity index (χ0n) is 9.84. The van der Waals surface area contributed by atoms with Crippen molar-refractivity contribution in [2.24, 2.45) is 0 Å². The second kappa shape index (κ2) is 5.93. The van der Waals surface area contributed by atoms with Crippen molar-refractivity contribution in [2.45, 2.75) is 19.9 Å². The van der Waals surface area contributed by atoms with Crippen molar-refractivity contribution < 1.29 is 9.72 Å². The quantitative estimate of drug-likeness (QED) is 0.390. The fraction of sp³-hybridized carbons (Fsp3) is 0.273. The first kappa shape index (κ1) is 13.9. The molecule has 1 heterocycles. The molecule has 94 valence electrons. The number of nitrogens with zero attached hydrogens (tertiary/aromatic N) is 2. The van der Waals surface area contributed by atoms with Crippen molar-refractivity contribution >= 4 is 28.3 Å². The molecule has 0 atom stereocenters. The fourth-order valence-corrected chi connectivity index (χ4v) is 1.85. The Morgan fingerprint density at radius 3 is 2.78 bits per heavy atom. The number of hydrogen-bond donors (Lipinski definition) is 1. The van der Waals surface area contributed by atoms with Gasteiger partial charge in [-0.3, -0.25) is 14.9 Å². The summed E-state index contributed by atoms with van der Waals surface area (Å²) in [6.45, 7) is 3.56. The summed E-state index contributed by atoms with van der Waals surface area (Å²) >= 11 is 0.951. The first-order chi connectivity index (χ1) is 8.43. The molecule has 7 heteroatoms. The largest absolute Gasteiger partial charge is 0.349 e. The van der Waals surface area contributed by atoms with Crippen molar-refractivity contribution in [3.05, 3.63) is 32.7 Å². The van der Waals surface area contributed by atoms with Gasteiger partial charge >= 0.3 is 5.00 Å². The van der Waals surface area contributed by atoms with Crippen LogP contribution in [0.4, 0.5) is 5.00 Å². The van der Waals surface area contributed by atoms with Crippen LogP contribution in [0.2, 0.25) is 0 Å². The first-order valence-electron chi connectivity index (χ1n) is 5.09. The molecule has 1 amide bonds. The Morgan fingerprint density at radius 1 is 1.67 bits per heavy atom. The van der Waals surface area contributed by atoms with E-state index >= 15 is 0 Å². The van der Waals surface area contributed by atoms with Crippen LogP contribution in [0.25, 0.3) is 6.08 Å². The zero-order valence-corrected chi connectivity index (χ0v) is 10.7. The summed E-state index contributed by atoms with van der Waals surface area (Å²) in [4.78, 5) is 21.6. The van der Waals surface area contributed by atoms with Crippen LogP contribution in [0.3, 0.4) is 0 Å². The van der Waals surface area contributed by atoms with Crippen LogP contribution < -0.4 is 5.32 Å². The molecule has 0 fully saturated rings. The van der Waals surface area contributed by atoms with Gasteiger partial charge < -0.3 is 5.32 Å². The van der Waals surface area contributed by atoms with Gasteiger partial charge in [0.15, 0.2) is 0 Å². The number of carbonyl (C=O) groups excluding carboxylic acids is 1. The molecule has 1 aromatic rings. The van der Waals surface area contributed by atoms with Gasteiger partial charge in [0.2, 0.25) is 0 Å².